The molecule has 0 saturated heterocycles. The van der Waals surface area contributed by atoms with Crippen molar-refractivity contribution in [1.82, 2.24) is 4.98 Å². The smallest absolute Gasteiger partial charge is 0.339 e. The molecule has 0 aliphatic carbocycles. The van der Waals surface area contributed by atoms with Crippen molar-refractivity contribution in [3.8, 4) is 11.5 Å². The Balaban J connectivity index is 2.05. The first-order valence-corrected chi connectivity index (χ1v) is 5.92. The minimum absolute atomic E-state index is 0.00852. The molecule has 0 amide bonds. The summed E-state index contributed by atoms with van der Waals surface area (Å²) in [5, 5.41) is 9.86. The fraction of sp³-hybridized carbons (Fsp3) is 0. The van der Waals surface area contributed by atoms with E-state index >= 15 is 0 Å². The lowest BCUT2D eigenvalue weighted by atomic mass is 10.2. The number of rotatable bonds is 3. The number of fused-ring (bicyclic) bond motifs is 1. The second-order valence-corrected chi connectivity index (χ2v) is 4.25. The predicted molar refractivity (Wildman–Crippen MR) is 71.7 cm³/mol. The molecule has 0 radical (unpaired) electrons. The van der Waals surface area contributed by atoms with Crippen LogP contribution >= 0.6 is 0 Å². The van der Waals surface area contributed by atoms with Crippen LogP contribution in [0.5, 0.6) is 11.5 Å². The average molecular weight is 271 g/mol. The van der Waals surface area contributed by atoms with E-state index in [0.717, 1.165) is 5.39 Å². The van der Waals surface area contributed by atoms with Crippen molar-refractivity contribution >= 4 is 16.9 Å². The summed E-state index contributed by atoms with van der Waals surface area (Å²) in [6.07, 6.45) is 1.69. The molecule has 1 heterocycles. The maximum atomic E-state index is 13.9. The minimum atomic E-state index is -1.12. The SMILES string of the molecule is O=C(O)c1ccccc1Oc1cc2cc[nH]c2cc1F. The lowest BCUT2D eigenvalue weighted by molar-refractivity contribution is 0.0694. The van der Waals surface area contributed by atoms with Gasteiger partial charge in [0.05, 0.1) is 0 Å². The molecular formula is C15H10FNO3. The number of aromatic carboxylic acids is 1. The second kappa shape index (κ2) is 4.70. The van der Waals surface area contributed by atoms with E-state index in [0.29, 0.717) is 5.52 Å². The summed E-state index contributed by atoms with van der Waals surface area (Å²) >= 11 is 0. The standard InChI is InChI=1S/C15H10FNO3/c16-11-8-12-9(5-6-17-12)7-14(11)20-13-4-2-1-3-10(13)15(18)19/h1-8,17H,(H,18,19). The number of benzene rings is 2. The van der Waals surface area contributed by atoms with Gasteiger partial charge in [-0.1, -0.05) is 12.1 Å². The third-order valence-corrected chi connectivity index (χ3v) is 2.94. The zero-order valence-electron chi connectivity index (χ0n) is 10.3. The van der Waals surface area contributed by atoms with Crippen LogP contribution in [0.2, 0.25) is 0 Å². The highest BCUT2D eigenvalue weighted by atomic mass is 19.1. The van der Waals surface area contributed by atoms with Crippen molar-refractivity contribution < 1.29 is 19.0 Å². The van der Waals surface area contributed by atoms with E-state index in [9.17, 15) is 9.18 Å². The highest BCUT2D eigenvalue weighted by Gasteiger charge is 2.14. The van der Waals surface area contributed by atoms with Crippen LogP contribution in [-0.2, 0) is 0 Å². The number of hydrogen-bond acceptors (Lipinski definition) is 2. The van der Waals surface area contributed by atoms with E-state index < -0.39 is 11.8 Å². The van der Waals surface area contributed by atoms with Gasteiger partial charge in [0.15, 0.2) is 11.6 Å². The lowest BCUT2D eigenvalue weighted by Gasteiger charge is -2.09. The molecule has 0 aliphatic heterocycles. The molecule has 0 bridgehead atoms. The molecule has 0 fully saturated rings. The van der Waals surface area contributed by atoms with Gasteiger partial charge in [-0.25, -0.2) is 9.18 Å². The van der Waals surface area contributed by atoms with E-state index in [-0.39, 0.29) is 17.1 Å². The normalized spacial score (nSPS) is 10.7. The highest BCUT2D eigenvalue weighted by molar-refractivity contribution is 5.91. The lowest BCUT2D eigenvalue weighted by Crippen LogP contribution is -2.00. The van der Waals surface area contributed by atoms with E-state index in [4.69, 9.17) is 9.84 Å². The summed E-state index contributed by atoms with van der Waals surface area (Å²) in [7, 11) is 0. The summed E-state index contributed by atoms with van der Waals surface area (Å²) in [5.41, 5.74) is 0.641. The van der Waals surface area contributed by atoms with Gasteiger partial charge in [0, 0.05) is 23.2 Å². The van der Waals surface area contributed by atoms with Gasteiger partial charge in [0.25, 0.3) is 0 Å². The Kier molecular flexibility index (Phi) is 2.87. The summed E-state index contributed by atoms with van der Waals surface area (Å²) in [6, 6.07) is 10.7. The number of ether oxygens (including phenoxy) is 1. The summed E-state index contributed by atoms with van der Waals surface area (Å²) in [4.78, 5) is 14.0. The van der Waals surface area contributed by atoms with Crippen LogP contribution in [0, 0.1) is 5.82 Å². The maximum absolute atomic E-state index is 13.9. The molecule has 5 heteroatoms. The third-order valence-electron chi connectivity index (χ3n) is 2.94. The van der Waals surface area contributed by atoms with Crippen molar-refractivity contribution in [1.29, 1.82) is 0 Å². The van der Waals surface area contributed by atoms with Gasteiger partial charge in [-0.3, -0.25) is 0 Å². The van der Waals surface area contributed by atoms with Crippen LogP contribution in [0.1, 0.15) is 10.4 Å². The Hall–Kier alpha value is -2.82. The van der Waals surface area contributed by atoms with Crippen LogP contribution in [-0.4, -0.2) is 16.1 Å². The number of nitrogens with one attached hydrogen (secondary N) is 1. The Morgan fingerprint density at radius 1 is 1.15 bits per heavy atom. The fourth-order valence-corrected chi connectivity index (χ4v) is 1.98. The monoisotopic (exact) mass is 271 g/mol. The van der Waals surface area contributed by atoms with Crippen LogP contribution in [0.15, 0.2) is 48.7 Å². The summed E-state index contributed by atoms with van der Waals surface area (Å²) in [6.45, 7) is 0. The molecular weight excluding hydrogens is 261 g/mol. The van der Waals surface area contributed by atoms with Crippen LogP contribution in [0.25, 0.3) is 10.9 Å². The Labute approximate surface area is 113 Å². The number of halogens is 1. The fourth-order valence-electron chi connectivity index (χ4n) is 1.98. The van der Waals surface area contributed by atoms with Crippen LogP contribution in [0.3, 0.4) is 0 Å². The van der Waals surface area contributed by atoms with Crippen molar-refractivity contribution in [2.24, 2.45) is 0 Å². The Morgan fingerprint density at radius 3 is 2.75 bits per heavy atom. The van der Waals surface area contributed by atoms with Crippen molar-refractivity contribution in [3.63, 3.8) is 0 Å². The summed E-state index contributed by atoms with van der Waals surface area (Å²) < 4.78 is 19.3. The van der Waals surface area contributed by atoms with Gasteiger partial charge in [0.2, 0.25) is 0 Å². The van der Waals surface area contributed by atoms with Gasteiger partial charge < -0.3 is 14.8 Å². The Bertz CT molecular complexity index is 795. The topological polar surface area (TPSA) is 62.3 Å². The number of para-hydroxylation sites is 1. The number of carboxylic acids is 1. The molecule has 3 aromatic rings. The number of carboxylic acid groups (broad SMARTS) is 1. The van der Waals surface area contributed by atoms with Crippen molar-refractivity contribution in [2.45, 2.75) is 0 Å². The van der Waals surface area contributed by atoms with Gasteiger partial charge >= 0.3 is 5.97 Å². The largest absolute Gasteiger partial charge is 0.478 e. The number of carbonyl (C=O) groups is 1. The van der Waals surface area contributed by atoms with Crippen molar-refractivity contribution in [2.75, 3.05) is 0 Å². The van der Waals surface area contributed by atoms with Gasteiger partial charge in [0.1, 0.15) is 11.3 Å². The first kappa shape index (κ1) is 12.2. The molecule has 1 aromatic heterocycles. The van der Waals surface area contributed by atoms with Crippen molar-refractivity contribution in [3.05, 3.63) is 60.0 Å². The molecule has 3 rings (SSSR count). The van der Waals surface area contributed by atoms with Crippen LogP contribution in [0.4, 0.5) is 4.39 Å². The highest BCUT2D eigenvalue weighted by Crippen LogP contribution is 2.30. The first-order valence-electron chi connectivity index (χ1n) is 5.92. The first-order chi connectivity index (χ1) is 9.65. The quantitative estimate of drug-likeness (QED) is 0.761. The molecule has 4 nitrogen and oxygen atoms in total. The van der Waals surface area contributed by atoms with Gasteiger partial charge in [-0.15, -0.1) is 0 Å². The molecule has 0 aliphatic rings. The molecule has 0 spiro atoms. The average Bonchev–Trinajstić information content (AvgIpc) is 2.86. The maximum Gasteiger partial charge on any atom is 0.339 e. The number of aromatic nitrogens is 1. The molecule has 0 atom stereocenters. The van der Waals surface area contributed by atoms with Crippen LogP contribution < -0.4 is 4.74 Å². The number of H-pyrrole nitrogens is 1. The third kappa shape index (κ3) is 2.09. The predicted octanol–water partition coefficient (Wildman–Crippen LogP) is 3.80. The van der Waals surface area contributed by atoms with E-state index in [1.807, 2.05) is 0 Å². The van der Waals surface area contributed by atoms with Gasteiger partial charge in [-0.2, -0.15) is 0 Å². The number of aromatic amines is 1. The van der Waals surface area contributed by atoms with E-state index in [1.54, 1.807) is 24.4 Å². The summed E-state index contributed by atoms with van der Waals surface area (Å²) in [5.74, 6) is -1.58. The van der Waals surface area contributed by atoms with E-state index in [1.165, 1.54) is 24.3 Å². The van der Waals surface area contributed by atoms with Gasteiger partial charge in [-0.05, 0) is 24.3 Å². The molecule has 2 aromatic carbocycles. The second-order valence-electron chi connectivity index (χ2n) is 4.25. The molecule has 100 valence electrons. The number of hydrogen-bond donors (Lipinski definition) is 2. The minimum Gasteiger partial charge on any atom is -0.478 e. The molecule has 0 unspecified atom stereocenters. The zero-order valence-corrected chi connectivity index (χ0v) is 10.3. The molecule has 20 heavy (non-hydrogen) atoms. The molecule has 2 N–H and O–H groups in total. The Morgan fingerprint density at radius 2 is 1.95 bits per heavy atom. The van der Waals surface area contributed by atoms with E-state index in [2.05, 4.69) is 4.98 Å². The molecule has 0 saturated carbocycles. The zero-order chi connectivity index (χ0) is 14.1.